The lowest BCUT2D eigenvalue weighted by molar-refractivity contribution is 0.135. The van der Waals surface area contributed by atoms with Gasteiger partial charge >= 0.3 is 0 Å². The molecular weight excluding hydrogens is 220 g/mol. The number of benzene rings is 1. The van der Waals surface area contributed by atoms with Gasteiger partial charge in [0.25, 0.3) is 0 Å². The van der Waals surface area contributed by atoms with Crippen LogP contribution in [0.15, 0.2) is 30.3 Å². The molecule has 1 unspecified atom stereocenters. The number of hydrogen-bond acceptors (Lipinski definition) is 2. The molecule has 0 amide bonds. The summed E-state index contributed by atoms with van der Waals surface area (Å²) < 4.78 is 0. The van der Waals surface area contributed by atoms with E-state index in [4.69, 9.17) is 0 Å². The first-order chi connectivity index (χ1) is 8.58. The molecular formula is C16H26N2. The summed E-state index contributed by atoms with van der Waals surface area (Å²) in [7, 11) is 0. The van der Waals surface area contributed by atoms with Gasteiger partial charge in [-0.3, -0.25) is 4.90 Å². The lowest BCUT2D eigenvalue weighted by Crippen LogP contribution is -2.49. The molecule has 0 aliphatic carbocycles. The van der Waals surface area contributed by atoms with Crippen molar-refractivity contribution < 1.29 is 0 Å². The molecule has 1 aliphatic heterocycles. The molecule has 1 aromatic rings. The third-order valence-electron chi connectivity index (χ3n) is 4.08. The second-order valence-electron chi connectivity index (χ2n) is 6.11. The van der Waals surface area contributed by atoms with Gasteiger partial charge in [-0.25, -0.2) is 0 Å². The number of hydrogen-bond donors (Lipinski definition) is 1. The number of rotatable bonds is 3. The molecule has 18 heavy (non-hydrogen) atoms. The van der Waals surface area contributed by atoms with Gasteiger partial charge in [0, 0.05) is 31.2 Å². The van der Waals surface area contributed by atoms with Gasteiger partial charge in [0.05, 0.1) is 0 Å². The smallest absolute Gasteiger partial charge is 0.0277 e. The van der Waals surface area contributed by atoms with E-state index in [-0.39, 0.29) is 5.54 Å². The third kappa shape index (κ3) is 3.56. The number of nitrogens with zero attached hydrogens (tertiary/aromatic N) is 1. The fourth-order valence-electron chi connectivity index (χ4n) is 2.61. The Morgan fingerprint density at radius 2 is 2.00 bits per heavy atom. The van der Waals surface area contributed by atoms with E-state index in [0.717, 1.165) is 19.5 Å². The minimum atomic E-state index is 0.263. The van der Waals surface area contributed by atoms with Crippen LogP contribution in [-0.4, -0.2) is 36.1 Å². The molecule has 1 aromatic carbocycles. The Hall–Kier alpha value is -0.860. The standard InChI is InChI=1S/C16H26N2/c1-14-9-11-18(16(2,3)13-17-14)12-10-15-7-5-4-6-8-15/h4-8,14,17H,9-13H2,1-3H3. The Bertz CT molecular complexity index is 359. The Morgan fingerprint density at radius 1 is 1.28 bits per heavy atom. The summed E-state index contributed by atoms with van der Waals surface area (Å²) in [6, 6.07) is 11.5. The van der Waals surface area contributed by atoms with E-state index < -0.39 is 0 Å². The SMILES string of the molecule is CC1CCN(CCc2ccccc2)C(C)(C)CN1. The van der Waals surface area contributed by atoms with Crippen LogP contribution in [0.3, 0.4) is 0 Å². The predicted octanol–water partition coefficient (Wildman–Crippen LogP) is 2.69. The molecule has 2 rings (SSSR count). The summed E-state index contributed by atoms with van der Waals surface area (Å²) >= 11 is 0. The van der Waals surface area contributed by atoms with Crippen LogP contribution in [0.25, 0.3) is 0 Å². The summed E-state index contributed by atoms with van der Waals surface area (Å²) in [5.74, 6) is 0. The minimum absolute atomic E-state index is 0.263. The van der Waals surface area contributed by atoms with Gasteiger partial charge in [0.15, 0.2) is 0 Å². The van der Waals surface area contributed by atoms with Crippen LogP contribution in [0.2, 0.25) is 0 Å². The predicted molar refractivity (Wildman–Crippen MR) is 77.9 cm³/mol. The largest absolute Gasteiger partial charge is 0.312 e. The summed E-state index contributed by atoms with van der Waals surface area (Å²) in [5, 5.41) is 3.62. The topological polar surface area (TPSA) is 15.3 Å². The Morgan fingerprint density at radius 3 is 2.72 bits per heavy atom. The highest BCUT2D eigenvalue weighted by Gasteiger charge is 2.29. The van der Waals surface area contributed by atoms with Gasteiger partial charge in [-0.05, 0) is 39.2 Å². The molecule has 1 saturated heterocycles. The fourth-order valence-corrected chi connectivity index (χ4v) is 2.61. The van der Waals surface area contributed by atoms with Crippen LogP contribution in [0.1, 0.15) is 32.8 Å². The molecule has 0 radical (unpaired) electrons. The maximum absolute atomic E-state index is 3.62. The van der Waals surface area contributed by atoms with Crippen molar-refractivity contribution in [3.63, 3.8) is 0 Å². The third-order valence-corrected chi connectivity index (χ3v) is 4.08. The average molecular weight is 246 g/mol. The van der Waals surface area contributed by atoms with Crippen LogP contribution in [0.4, 0.5) is 0 Å². The molecule has 1 fully saturated rings. The van der Waals surface area contributed by atoms with Crippen LogP contribution in [-0.2, 0) is 6.42 Å². The van der Waals surface area contributed by atoms with Crippen LogP contribution < -0.4 is 5.32 Å². The number of nitrogens with one attached hydrogen (secondary N) is 1. The first kappa shape index (κ1) is 13.6. The lowest BCUT2D eigenvalue weighted by atomic mass is 10.0. The maximum Gasteiger partial charge on any atom is 0.0277 e. The van der Waals surface area contributed by atoms with Gasteiger partial charge in [-0.1, -0.05) is 30.3 Å². The van der Waals surface area contributed by atoms with E-state index in [1.54, 1.807) is 0 Å². The van der Waals surface area contributed by atoms with Gasteiger partial charge in [0.1, 0.15) is 0 Å². The zero-order valence-corrected chi connectivity index (χ0v) is 11.9. The van der Waals surface area contributed by atoms with Crippen molar-refractivity contribution in [2.45, 2.75) is 45.2 Å². The summed E-state index contributed by atoms with van der Waals surface area (Å²) in [6.07, 6.45) is 2.40. The summed E-state index contributed by atoms with van der Waals surface area (Å²) in [4.78, 5) is 2.64. The van der Waals surface area contributed by atoms with Crippen molar-refractivity contribution >= 4 is 0 Å². The van der Waals surface area contributed by atoms with E-state index in [1.807, 2.05) is 0 Å². The zero-order chi connectivity index (χ0) is 13.0. The van der Waals surface area contributed by atoms with Crippen molar-refractivity contribution in [2.75, 3.05) is 19.6 Å². The maximum atomic E-state index is 3.62. The van der Waals surface area contributed by atoms with Gasteiger partial charge in [-0.2, -0.15) is 0 Å². The minimum Gasteiger partial charge on any atom is -0.312 e. The van der Waals surface area contributed by atoms with Crippen LogP contribution in [0, 0.1) is 0 Å². The molecule has 2 nitrogen and oxygen atoms in total. The molecule has 1 heterocycles. The first-order valence-corrected chi connectivity index (χ1v) is 7.10. The van der Waals surface area contributed by atoms with Crippen molar-refractivity contribution in [1.29, 1.82) is 0 Å². The van der Waals surface area contributed by atoms with E-state index >= 15 is 0 Å². The molecule has 0 spiro atoms. The lowest BCUT2D eigenvalue weighted by Gasteiger charge is -2.37. The quantitative estimate of drug-likeness (QED) is 0.882. The molecule has 0 bridgehead atoms. The molecule has 1 N–H and O–H groups in total. The zero-order valence-electron chi connectivity index (χ0n) is 11.9. The Labute approximate surface area is 111 Å². The van der Waals surface area contributed by atoms with Gasteiger partial charge in [-0.15, -0.1) is 0 Å². The highest BCUT2D eigenvalue weighted by molar-refractivity contribution is 5.15. The second kappa shape index (κ2) is 5.85. The van der Waals surface area contributed by atoms with Crippen molar-refractivity contribution in [2.24, 2.45) is 0 Å². The molecule has 0 saturated carbocycles. The summed E-state index contributed by atoms with van der Waals surface area (Å²) in [6.45, 7) is 10.4. The fraction of sp³-hybridized carbons (Fsp3) is 0.625. The van der Waals surface area contributed by atoms with Crippen molar-refractivity contribution in [3.05, 3.63) is 35.9 Å². The summed E-state index contributed by atoms with van der Waals surface area (Å²) in [5.41, 5.74) is 1.71. The highest BCUT2D eigenvalue weighted by Crippen LogP contribution is 2.18. The molecule has 1 aliphatic rings. The van der Waals surface area contributed by atoms with Gasteiger partial charge in [0.2, 0.25) is 0 Å². The second-order valence-corrected chi connectivity index (χ2v) is 6.11. The van der Waals surface area contributed by atoms with Crippen molar-refractivity contribution in [1.82, 2.24) is 10.2 Å². The average Bonchev–Trinajstić information content (AvgIpc) is 2.49. The monoisotopic (exact) mass is 246 g/mol. The Kier molecular flexibility index (Phi) is 4.41. The molecule has 1 atom stereocenters. The first-order valence-electron chi connectivity index (χ1n) is 7.10. The molecule has 100 valence electrons. The van der Waals surface area contributed by atoms with E-state index in [1.165, 1.54) is 18.5 Å². The van der Waals surface area contributed by atoms with E-state index in [9.17, 15) is 0 Å². The molecule has 0 aromatic heterocycles. The van der Waals surface area contributed by atoms with Crippen molar-refractivity contribution in [3.8, 4) is 0 Å². The Balaban J connectivity index is 1.94. The van der Waals surface area contributed by atoms with Crippen LogP contribution in [0.5, 0.6) is 0 Å². The van der Waals surface area contributed by atoms with E-state index in [0.29, 0.717) is 6.04 Å². The molecule has 2 heteroatoms. The highest BCUT2D eigenvalue weighted by atomic mass is 15.2. The van der Waals surface area contributed by atoms with E-state index in [2.05, 4.69) is 61.3 Å². The normalized spacial score (nSPS) is 24.7. The van der Waals surface area contributed by atoms with Crippen LogP contribution >= 0.6 is 0 Å². The van der Waals surface area contributed by atoms with Gasteiger partial charge < -0.3 is 5.32 Å².